The van der Waals surface area contributed by atoms with Crippen LogP contribution in [0.25, 0.3) is 0 Å². The molecule has 0 bridgehead atoms. The molecule has 0 radical (unpaired) electrons. The quantitative estimate of drug-likeness (QED) is 0.174. The van der Waals surface area contributed by atoms with Crippen molar-refractivity contribution < 1.29 is 26.4 Å². The van der Waals surface area contributed by atoms with Crippen molar-refractivity contribution in [3.8, 4) is 0 Å². The zero-order chi connectivity index (χ0) is 9.78. The number of likely N-dealkylation sites (N-methyl/N-ethyl adjacent to an activating group) is 1. The third-order valence-electron chi connectivity index (χ3n) is 1.37. The summed E-state index contributed by atoms with van der Waals surface area (Å²) < 4.78 is 5.51. The first kappa shape index (κ1) is 14.7. The summed E-state index contributed by atoms with van der Waals surface area (Å²) in [6.45, 7) is 6.90. The zero-order valence-corrected chi connectivity index (χ0v) is 9.04. The van der Waals surface area contributed by atoms with Crippen molar-refractivity contribution >= 4 is 5.97 Å². The zero-order valence-electron chi connectivity index (χ0n) is 8.29. The number of nitrogens with zero attached hydrogens (tertiary/aromatic N) is 1. The van der Waals surface area contributed by atoms with Crippen molar-refractivity contribution in [3.05, 3.63) is 25.3 Å². The summed E-state index contributed by atoms with van der Waals surface area (Å²) in [5.74, 6) is -0.423. The van der Waals surface area contributed by atoms with Crippen LogP contribution in [-0.4, -0.2) is 37.8 Å². The molecule has 1 atom stereocenters. The molecule has 0 aliphatic heterocycles. The predicted molar refractivity (Wildman–Crippen MR) is 48.3 cm³/mol. The highest BCUT2D eigenvalue weighted by atomic mass is 35.5. The van der Waals surface area contributed by atoms with Gasteiger partial charge in [0.2, 0.25) is 0 Å². The Balaban J connectivity index is 0. The minimum Gasteiger partial charge on any atom is -1.00 e. The van der Waals surface area contributed by atoms with E-state index >= 15 is 0 Å². The van der Waals surface area contributed by atoms with Gasteiger partial charge in [0.25, 0.3) is 6.23 Å². The molecule has 4 heteroatoms. The summed E-state index contributed by atoms with van der Waals surface area (Å²) >= 11 is 0. The number of carbonyl (C=O) groups is 1. The largest absolute Gasteiger partial charge is 1.00 e. The highest BCUT2D eigenvalue weighted by Gasteiger charge is 2.22. The van der Waals surface area contributed by atoms with Crippen LogP contribution in [-0.2, 0) is 9.53 Å². The molecule has 0 aromatic carbocycles. The maximum absolute atomic E-state index is 10.8. The van der Waals surface area contributed by atoms with Crippen molar-refractivity contribution in [1.29, 1.82) is 0 Å². The molecule has 13 heavy (non-hydrogen) atoms. The Morgan fingerprint density at radius 2 is 1.85 bits per heavy atom. The fourth-order valence-corrected chi connectivity index (χ4v) is 0.690. The molecule has 0 N–H and O–H groups in total. The number of hydrogen-bond donors (Lipinski definition) is 0. The Bertz CT molecular complexity index is 196. The maximum Gasteiger partial charge on any atom is 0.334 e. The van der Waals surface area contributed by atoms with Gasteiger partial charge in [0.1, 0.15) is 0 Å². The number of rotatable bonds is 4. The minimum absolute atomic E-state index is 0. The fourth-order valence-electron chi connectivity index (χ4n) is 0.690. The fraction of sp³-hybridized carbons (Fsp3) is 0.444. The second-order valence-corrected chi connectivity index (χ2v) is 3.38. The number of ether oxygens (including phenoxy) is 1. The van der Waals surface area contributed by atoms with E-state index < -0.39 is 5.97 Å². The van der Waals surface area contributed by atoms with E-state index in [2.05, 4.69) is 13.2 Å². The molecular weight excluding hydrogens is 190 g/mol. The van der Waals surface area contributed by atoms with Gasteiger partial charge in [0.05, 0.1) is 21.1 Å². The molecule has 0 saturated carbocycles. The topological polar surface area (TPSA) is 26.3 Å². The predicted octanol–water partition coefficient (Wildman–Crippen LogP) is -2.06. The lowest BCUT2D eigenvalue weighted by Gasteiger charge is -2.30. The summed E-state index contributed by atoms with van der Waals surface area (Å²) in [5, 5.41) is 0. The number of hydrogen-bond acceptors (Lipinski definition) is 2. The van der Waals surface area contributed by atoms with Gasteiger partial charge < -0.3 is 17.1 Å². The molecule has 0 aliphatic carbocycles. The first-order chi connectivity index (χ1) is 5.41. The number of quaternary nitrogens is 1. The van der Waals surface area contributed by atoms with E-state index in [1.165, 1.54) is 0 Å². The Hall–Kier alpha value is -0.800. The van der Waals surface area contributed by atoms with Crippen molar-refractivity contribution in [1.82, 2.24) is 0 Å². The van der Waals surface area contributed by atoms with Gasteiger partial charge in [-0.1, -0.05) is 13.2 Å². The van der Waals surface area contributed by atoms with Crippen molar-refractivity contribution in [2.45, 2.75) is 6.23 Å². The van der Waals surface area contributed by atoms with Crippen LogP contribution in [0.15, 0.2) is 25.3 Å². The normalized spacial score (nSPS) is 12.2. The summed E-state index contributed by atoms with van der Waals surface area (Å²) in [6.07, 6.45) is 2.42. The minimum atomic E-state index is -0.423. The van der Waals surface area contributed by atoms with Gasteiger partial charge in [-0.3, -0.25) is 4.48 Å². The van der Waals surface area contributed by atoms with E-state index in [0.717, 1.165) is 6.08 Å². The summed E-state index contributed by atoms with van der Waals surface area (Å²) in [7, 11) is 5.76. The van der Waals surface area contributed by atoms with Crippen LogP contribution >= 0.6 is 0 Å². The highest BCUT2D eigenvalue weighted by Crippen LogP contribution is 2.05. The molecule has 0 saturated heterocycles. The van der Waals surface area contributed by atoms with Crippen molar-refractivity contribution in [2.24, 2.45) is 0 Å². The highest BCUT2D eigenvalue weighted by molar-refractivity contribution is 5.81. The summed E-state index contributed by atoms with van der Waals surface area (Å²) in [5.41, 5.74) is 0. The average Bonchev–Trinajstić information content (AvgIpc) is 1.97. The molecule has 3 nitrogen and oxygen atoms in total. The monoisotopic (exact) mass is 205 g/mol. The lowest BCUT2D eigenvalue weighted by molar-refractivity contribution is -0.908. The van der Waals surface area contributed by atoms with Gasteiger partial charge in [-0.25, -0.2) is 4.79 Å². The molecule has 0 spiro atoms. The van der Waals surface area contributed by atoms with Gasteiger partial charge in [0.15, 0.2) is 0 Å². The molecule has 0 amide bonds. The number of esters is 1. The van der Waals surface area contributed by atoms with E-state index in [0.29, 0.717) is 4.48 Å². The van der Waals surface area contributed by atoms with Crippen LogP contribution < -0.4 is 12.4 Å². The lowest BCUT2D eigenvalue weighted by atomic mass is 10.4. The molecule has 0 aromatic rings. The van der Waals surface area contributed by atoms with Gasteiger partial charge in [-0.05, 0) is 0 Å². The van der Waals surface area contributed by atoms with E-state index in [9.17, 15) is 4.79 Å². The molecule has 1 unspecified atom stereocenters. The Kier molecular flexibility index (Phi) is 6.54. The first-order valence-electron chi connectivity index (χ1n) is 3.68. The number of carbonyl (C=O) groups excluding carboxylic acids is 1. The average molecular weight is 206 g/mol. The summed E-state index contributed by atoms with van der Waals surface area (Å²) in [4.78, 5) is 10.8. The smallest absolute Gasteiger partial charge is 0.334 e. The van der Waals surface area contributed by atoms with Gasteiger partial charge in [-0.2, -0.15) is 0 Å². The van der Waals surface area contributed by atoms with Gasteiger partial charge in [-0.15, -0.1) is 0 Å². The van der Waals surface area contributed by atoms with Crippen LogP contribution in [0.1, 0.15) is 0 Å². The molecule has 0 aliphatic rings. The van der Waals surface area contributed by atoms with Crippen LogP contribution in [0.5, 0.6) is 0 Å². The van der Waals surface area contributed by atoms with Gasteiger partial charge in [0, 0.05) is 12.2 Å². The van der Waals surface area contributed by atoms with E-state index in [-0.39, 0.29) is 18.6 Å². The standard InChI is InChI=1S/C9H16NO2.ClH/c1-6-8(10(3,4)5)12-9(11)7-2;/h6-8H,1-2H2,3-5H3;1H/q+1;/p-1. The van der Waals surface area contributed by atoms with Crippen LogP contribution in [0.2, 0.25) is 0 Å². The van der Waals surface area contributed by atoms with Crippen molar-refractivity contribution in [2.75, 3.05) is 21.1 Å². The third-order valence-corrected chi connectivity index (χ3v) is 1.37. The Labute approximate surface area is 85.7 Å². The Morgan fingerprint density at radius 1 is 1.38 bits per heavy atom. The maximum atomic E-state index is 10.8. The Morgan fingerprint density at radius 3 is 2.08 bits per heavy atom. The molecule has 0 rings (SSSR count). The molecule has 76 valence electrons. The number of halogens is 1. The molecule has 0 heterocycles. The van der Waals surface area contributed by atoms with Crippen LogP contribution in [0.4, 0.5) is 0 Å². The third kappa shape index (κ3) is 5.44. The van der Waals surface area contributed by atoms with Gasteiger partial charge >= 0.3 is 5.97 Å². The molecular formula is C9H16ClNO2. The van der Waals surface area contributed by atoms with E-state index in [1.54, 1.807) is 6.08 Å². The SMILES string of the molecule is C=CC(=O)OC(C=C)[N+](C)(C)C.[Cl-]. The van der Waals surface area contributed by atoms with E-state index in [4.69, 9.17) is 4.74 Å². The molecule has 0 aromatic heterocycles. The second-order valence-electron chi connectivity index (χ2n) is 3.38. The van der Waals surface area contributed by atoms with Crippen LogP contribution in [0, 0.1) is 0 Å². The van der Waals surface area contributed by atoms with E-state index in [1.807, 2.05) is 21.1 Å². The first-order valence-corrected chi connectivity index (χ1v) is 3.68. The van der Waals surface area contributed by atoms with Crippen molar-refractivity contribution in [3.63, 3.8) is 0 Å². The second kappa shape index (κ2) is 5.78. The van der Waals surface area contributed by atoms with Crippen LogP contribution in [0.3, 0.4) is 0 Å². The summed E-state index contributed by atoms with van der Waals surface area (Å²) in [6, 6.07) is 0. The lowest BCUT2D eigenvalue weighted by Crippen LogP contribution is -3.00. The molecule has 0 fully saturated rings.